The smallest absolute Gasteiger partial charge is 0.0224 e. The van der Waals surface area contributed by atoms with Crippen LogP contribution < -0.4 is 5.32 Å². The first-order valence-corrected chi connectivity index (χ1v) is 7.87. The fourth-order valence-electron chi connectivity index (χ4n) is 3.14. The van der Waals surface area contributed by atoms with Crippen molar-refractivity contribution in [2.75, 3.05) is 39.8 Å². The lowest BCUT2D eigenvalue weighted by molar-refractivity contribution is 0.119. The van der Waals surface area contributed by atoms with Crippen LogP contribution in [0.3, 0.4) is 0 Å². The summed E-state index contributed by atoms with van der Waals surface area (Å²) in [4.78, 5) is 5.29. The summed E-state index contributed by atoms with van der Waals surface area (Å²) in [5, 5.41) is 3.55. The maximum absolute atomic E-state index is 3.55. The number of hydrogen-bond donors (Lipinski definition) is 1. The van der Waals surface area contributed by atoms with E-state index in [1.54, 1.807) is 0 Å². The third kappa shape index (κ3) is 4.87. The average Bonchev–Trinajstić information content (AvgIpc) is 2.56. The molecule has 0 aromatic carbocycles. The van der Waals surface area contributed by atoms with E-state index in [2.05, 4.69) is 42.9 Å². The van der Waals surface area contributed by atoms with E-state index in [4.69, 9.17) is 0 Å². The van der Waals surface area contributed by atoms with Crippen molar-refractivity contribution < 1.29 is 0 Å². The second-order valence-corrected chi connectivity index (χ2v) is 5.67. The summed E-state index contributed by atoms with van der Waals surface area (Å²) in [6.45, 7) is 12.9. The van der Waals surface area contributed by atoms with Crippen molar-refractivity contribution in [1.82, 2.24) is 15.1 Å². The van der Waals surface area contributed by atoms with Gasteiger partial charge in [0.2, 0.25) is 0 Å². The number of nitrogens with zero attached hydrogens (tertiary/aromatic N) is 2. The molecule has 1 rings (SSSR count). The lowest BCUT2D eigenvalue weighted by atomic mass is 10.1. The Morgan fingerprint density at radius 2 is 2.00 bits per heavy atom. The van der Waals surface area contributed by atoms with E-state index in [9.17, 15) is 0 Å². The van der Waals surface area contributed by atoms with E-state index in [0.717, 1.165) is 25.2 Å². The molecule has 0 aromatic heterocycles. The van der Waals surface area contributed by atoms with Gasteiger partial charge in [0.1, 0.15) is 0 Å². The molecule has 2 atom stereocenters. The van der Waals surface area contributed by atoms with Gasteiger partial charge in [0.25, 0.3) is 0 Å². The SMILES string of the molecule is CCCC(CNCC)N1CCCN(C)CC1CC. The van der Waals surface area contributed by atoms with Crippen LogP contribution in [-0.2, 0) is 0 Å². The molecule has 18 heavy (non-hydrogen) atoms. The molecular formula is C15H33N3. The summed E-state index contributed by atoms with van der Waals surface area (Å²) in [7, 11) is 2.27. The Morgan fingerprint density at radius 1 is 1.22 bits per heavy atom. The molecule has 0 amide bonds. The molecule has 3 nitrogen and oxygen atoms in total. The minimum Gasteiger partial charge on any atom is -0.315 e. The van der Waals surface area contributed by atoms with Gasteiger partial charge in [0, 0.05) is 31.7 Å². The van der Waals surface area contributed by atoms with Crippen molar-refractivity contribution >= 4 is 0 Å². The van der Waals surface area contributed by atoms with Crippen molar-refractivity contribution in [1.29, 1.82) is 0 Å². The van der Waals surface area contributed by atoms with Crippen LogP contribution in [0.15, 0.2) is 0 Å². The summed E-state index contributed by atoms with van der Waals surface area (Å²) in [5.74, 6) is 0. The lowest BCUT2D eigenvalue weighted by Crippen LogP contribution is -2.49. The Kier molecular flexibility index (Phi) is 7.87. The van der Waals surface area contributed by atoms with Crippen LogP contribution >= 0.6 is 0 Å². The van der Waals surface area contributed by atoms with Crippen molar-refractivity contribution in [3.63, 3.8) is 0 Å². The van der Waals surface area contributed by atoms with E-state index in [-0.39, 0.29) is 0 Å². The van der Waals surface area contributed by atoms with Gasteiger partial charge in [-0.15, -0.1) is 0 Å². The molecule has 0 aromatic rings. The van der Waals surface area contributed by atoms with Gasteiger partial charge in [-0.05, 0) is 39.4 Å². The van der Waals surface area contributed by atoms with E-state index < -0.39 is 0 Å². The summed E-state index contributed by atoms with van der Waals surface area (Å²) < 4.78 is 0. The summed E-state index contributed by atoms with van der Waals surface area (Å²) in [6, 6.07) is 1.47. The van der Waals surface area contributed by atoms with Gasteiger partial charge in [-0.25, -0.2) is 0 Å². The molecule has 108 valence electrons. The fourth-order valence-corrected chi connectivity index (χ4v) is 3.14. The summed E-state index contributed by atoms with van der Waals surface area (Å²) >= 11 is 0. The van der Waals surface area contributed by atoms with E-state index >= 15 is 0 Å². The second kappa shape index (κ2) is 8.89. The topological polar surface area (TPSA) is 18.5 Å². The molecule has 1 fully saturated rings. The lowest BCUT2D eigenvalue weighted by Gasteiger charge is -2.37. The normalized spacial score (nSPS) is 25.0. The van der Waals surface area contributed by atoms with Gasteiger partial charge in [0.05, 0.1) is 0 Å². The molecule has 0 spiro atoms. The predicted molar refractivity (Wildman–Crippen MR) is 80.1 cm³/mol. The Bertz CT molecular complexity index is 208. The Balaban J connectivity index is 2.65. The molecule has 0 aliphatic carbocycles. The molecule has 1 aliphatic heterocycles. The first-order chi connectivity index (χ1) is 8.72. The van der Waals surface area contributed by atoms with Gasteiger partial charge < -0.3 is 10.2 Å². The van der Waals surface area contributed by atoms with Crippen LogP contribution in [0.25, 0.3) is 0 Å². The number of nitrogens with one attached hydrogen (secondary N) is 1. The molecule has 2 unspecified atom stereocenters. The Hall–Kier alpha value is -0.120. The zero-order valence-electron chi connectivity index (χ0n) is 12.9. The zero-order valence-corrected chi connectivity index (χ0v) is 12.9. The monoisotopic (exact) mass is 255 g/mol. The van der Waals surface area contributed by atoms with Gasteiger partial charge in [-0.1, -0.05) is 27.2 Å². The maximum Gasteiger partial charge on any atom is 0.0224 e. The second-order valence-electron chi connectivity index (χ2n) is 5.67. The maximum atomic E-state index is 3.55. The van der Waals surface area contributed by atoms with Crippen molar-refractivity contribution in [2.24, 2.45) is 0 Å². The number of rotatable bonds is 7. The minimum atomic E-state index is 0.728. The molecule has 1 aliphatic rings. The van der Waals surface area contributed by atoms with Crippen LogP contribution in [0.2, 0.25) is 0 Å². The molecule has 0 saturated carbocycles. The molecule has 0 bridgehead atoms. The van der Waals surface area contributed by atoms with Gasteiger partial charge in [-0.3, -0.25) is 4.90 Å². The first-order valence-electron chi connectivity index (χ1n) is 7.87. The van der Waals surface area contributed by atoms with Gasteiger partial charge in [0.15, 0.2) is 0 Å². The third-order valence-electron chi connectivity index (χ3n) is 4.14. The summed E-state index contributed by atoms with van der Waals surface area (Å²) in [6.07, 6.45) is 5.21. The highest BCUT2D eigenvalue weighted by Crippen LogP contribution is 2.18. The quantitative estimate of drug-likeness (QED) is 0.752. The largest absolute Gasteiger partial charge is 0.315 e. The molecule has 0 radical (unpaired) electrons. The predicted octanol–water partition coefficient (Wildman–Crippen LogP) is 2.18. The summed E-state index contributed by atoms with van der Waals surface area (Å²) in [5.41, 5.74) is 0. The van der Waals surface area contributed by atoms with Crippen LogP contribution in [0, 0.1) is 0 Å². The molecule has 3 heteroatoms. The van der Waals surface area contributed by atoms with Crippen molar-refractivity contribution in [3.8, 4) is 0 Å². The Labute approximate surface area is 114 Å². The highest BCUT2D eigenvalue weighted by Gasteiger charge is 2.27. The van der Waals surface area contributed by atoms with E-state index in [0.29, 0.717) is 0 Å². The molecular weight excluding hydrogens is 222 g/mol. The van der Waals surface area contributed by atoms with Crippen LogP contribution in [0.1, 0.15) is 46.5 Å². The van der Waals surface area contributed by atoms with Crippen LogP contribution in [0.5, 0.6) is 0 Å². The highest BCUT2D eigenvalue weighted by atomic mass is 15.3. The van der Waals surface area contributed by atoms with E-state index in [1.807, 2.05) is 0 Å². The molecule has 1 saturated heterocycles. The fraction of sp³-hybridized carbons (Fsp3) is 1.00. The highest BCUT2D eigenvalue weighted by molar-refractivity contribution is 4.84. The molecule has 1 N–H and O–H groups in total. The molecule has 1 heterocycles. The number of likely N-dealkylation sites (N-methyl/N-ethyl adjacent to an activating group) is 2. The first kappa shape index (κ1) is 15.9. The van der Waals surface area contributed by atoms with Gasteiger partial charge >= 0.3 is 0 Å². The van der Waals surface area contributed by atoms with E-state index in [1.165, 1.54) is 45.3 Å². The third-order valence-corrected chi connectivity index (χ3v) is 4.14. The minimum absolute atomic E-state index is 0.728. The zero-order chi connectivity index (χ0) is 13.4. The van der Waals surface area contributed by atoms with Crippen molar-refractivity contribution in [2.45, 2.75) is 58.5 Å². The van der Waals surface area contributed by atoms with Crippen LogP contribution in [-0.4, -0.2) is 61.7 Å². The standard InChI is InChI=1S/C15H33N3/c1-5-9-15(12-16-7-3)18-11-8-10-17(4)13-14(18)6-2/h14-16H,5-13H2,1-4H3. The van der Waals surface area contributed by atoms with Crippen molar-refractivity contribution in [3.05, 3.63) is 0 Å². The van der Waals surface area contributed by atoms with Crippen LogP contribution in [0.4, 0.5) is 0 Å². The number of hydrogen-bond acceptors (Lipinski definition) is 3. The average molecular weight is 255 g/mol. The Morgan fingerprint density at radius 3 is 2.61 bits per heavy atom. The van der Waals surface area contributed by atoms with Gasteiger partial charge in [-0.2, -0.15) is 0 Å².